The van der Waals surface area contributed by atoms with Gasteiger partial charge in [-0.3, -0.25) is 4.79 Å². The van der Waals surface area contributed by atoms with Crippen molar-refractivity contribution in [1.82, 2.24) is 19.5 Å². The maximum atomic E-state index is 11.8. The van der Waals surface area contributed by atoms with Crippen LogP contribution in [0, 0.1) is 6.92 Å². The zero-order chi connectivity index (χ0) is 14.8. The zero-order valence-corrected chi connectivity index (χ0v) is 12.2. The molecule has 1 N–H and O–H groups in total. The predicted octanol–water partition coefficient (Wildman–Crippen LogP) is 0.697. The van der Waals surface area contributed by atoms with Crippen molar-refractivity contribution in [1.29, 1.82) is 0 Å². The number of hydrogen-bond acceptors (Lipinski definition) is 5. The summed E-state index contributed by atoms with van der Waals surface area (Å²) in [6, 6.07) is 4.08. The van der Waals surface area contributed by atoms with Crippen LogP contribution in [0.4, 0.5) is 5.82 Å². The topological polar surface area (TPSA) is 71.8 Å². The minimum Gasteiger partial charge on any atom is -0.375 e. The molecule has 1 fully saturated rings. The summed E-state index contributed by atoms with van der Waals surface area (Å²) in [5.74, 6) is 0.835. The average Bonchev–Trinajstić information content (AvgIpc) is 3.04. The molecule has 1 amide bonds. The number of nitrogens with one attached hydrogen (secondary N) is 1. The summed E-state index contributed by atoms with van der Waals surface area (Å²) in [5, 5.41) is 7.86. The van der Waals surface area contributed by atoms with E-state index in [0.717, 1.165) is 30.1 Å². The minimum atomic E-state index is 0.0374. The Bertz CT molecular complexity index is 654. The molecule has 0 unspecified atom stereocenters. The number of nitrogens with zero attached hydrogens (tertiary/aromatic N) is 4. The highest BCUT2D eigenvalue weighted by Gasteiger charge is 2.26. The first-order valence-electron chi connectivity index (χ1n) is 7.02. The quantitative estimate of drug-likeness (QED) is 0.897. The first kappa shape index (κ1) is 13.8. The lowest BCUT2D eigenvalue weighted by Crippen LogP contribution is -2.34. The molecule has 0 aliphatic carbocycles. The Kier molecular flexibility index (Phi) is 3.74. The number of amides is 1. The second kappa shape index (κ2) is 5.69. The van der Waals surface area contributed by atoms with Crippen molar-refractivity contribution in [2.75, 3.05) is 32.1 Å². The summed E-state index contributed by atoms with van der Waals surface area (Å²) in [6.07, 6.45) is 2.81. The molecule has 1 aliphatic rings. The Morgan fingerprint density at radius 1 is 1.52 bits per heavy atom. The van der Waals surface area contributed by atoms with Crippen molar-refractivity contribution in [2.24, 2.45) is 0 Å². The van der Waals surface area contributed by atoms with Gasteiger partial charge in [-0.15, -0.1) is 5.10 Å². The van der Waals surface area contributed by atoms with E-state index in [1.165, 1.54) is 7.11 Å². The van der Waals surface area contributed by atoms with E-state index in [4.69, 9.17) is 4.74 Å². The van der Waals surface area contributed by atoms with E-state index < -0.39 is 0 Å². The van der Waals surface area contributed by atoms with Gasteiger partial charge in [0.25, 0.3) is 0 Å². The van der Waals surface area contributed by atoms with Gasteiger partial charge in [0.2, 0.25) is 5.91 Å². The van der Waals surface area contributed by atoms with Crippen LogP contribution >= 0.6 is 0 Å². The van der Waals surface area contributed by atoms with Crippen LogP contribution in [0.25, 0.3) is 5.65 Å². The summed E-state index contributed by atoms with van der Waals surface area (Å²) in [4.78, 5) is 17.9. The summed E-state index contributed by atoms with van der Waals surface area (Å²) >= 11 is 0. The molecule has 2 aromatic heterocycles. The highest BCUT2D eigenvalue weighted by molar-refractivity contribution is 5.77. The summed E-state index contributed by atoms with van der Waals surface area (Å²) in [7, 11) is 1.54. The molecule has 1 aliphatic heterocycles. The van der Waals surface area contributed by atoms with E-state index in [9.17, 15) is 4.79 Å². The standard InChI is InChI=1S/C14H19N5O2/c1-10-7-19-13(15-10)4-3-12(17-19)16-11-5-6-18(8-11)14(20)9-21-2/h3-4,7,11H,5-6,8-9H2,1-2H3,(H,16,17)/t11-/m1/s1. The highest BCUT2D eigenvalue weighted by Crippen LogP contribution is 2.15. The third kappa shape index (κ3) is 2.97. The van der Waals surface area contributed by atoms with Gasteiger partial charge >= 0.3 is 0 Å². The normalized spacial score (nSPS) is 18.4. The van der Waals surface area contributed by atoms with Crippen LogP contribution in [0.2, 0.25) is 0 Å². The smallest absolute Gasteiger partial charge is 0.248 e. The van der Waals surface area contributed by atoms with Crippen LogP contribution in [0.5, 0.6) is 0 Å². The number of carbonyl (C=O) groups is 1. The number of fused-ring (bicyclic) bond motifs is 1. The van der Waals surface area contributed by atoms with Gasteiger partial charge in [-0.05, 0) is 25.5 Å². The van der Waals surface area contributed by atoms with Gasteiger partial charge in [0.05, 0.1) is 11.9 Å². The van der Waals surface area contributed by atoms with Crippen LogP contribution in [-0.2, 0) is 9.53 Å². The molecule has 1 saturated heterocycles. The monoisotopic (exact) mass is 289 g/mol. The molecule has 0 spiro atoms. The van der Waals surface area contributed by atoms with E-state index in [1.807, 2.05) is 30.2 Å². The Morgan fingerprint density at radius 2 is 2.38 bits per heavy atom. The molecule has 0 saturated carbocycles. The molecule has 0 radical (unpaired) electrons. The van der Waals surface area contributed by atoms with Crippen molar-refractivity contribution in [3.05, 3.63) is 24.0 Å². The van der Waals surface area contributed by atoms with E-state index in [2.05, 4.69) is 15.4 Å². The highest BCUT2D eigenvalue weighted by atomic mass is 16.5. The van der Waals surface area contributed by atoms with Crippen molar-refractivity contribution < 1.29 is 9.53 Å². The molecular weight excluding hydrogens is 270 g/mol. The lowest BCUT2D eigenvalue weighted by atomic mass is 10.2. The molecule has 3 heterocycles. The minimum absolute atomic E-state index is 0.0374. The molecule has 112 valence electrons. The number of methoxy groups -OCH3 is 1. The number of hydrogen-bond donors (Lipinski definition) is 1. The molecule has 2 aromatic rings. The number of rotatable bonds is 4. The zero-order valence-electron chi connectivity index (χ0n) is 12.2. The van der Waals surface area contributed by atoms with Gasteiger partial charge in [-0.25, -0.2) is 9.50 Å². The number of aromatic nitrogens is 3. The Hall–Kier alpha value is -2.15. The molecule has 7 heteroatoms. The Labute approximate surface area is 122 Å². The molecule has 0 aromatic carbocycles. The molecule has 0 bridgehead atoms. The van der Waals surface area contributed by atoms with Gasteiger partial charge in [0, 0.05) is 26.2 Å². The largest absolute Gasteiger partial charge is 0.375 e. The molecular formula is C14H19N5O2. The number of ether oxygens (including phenoxy) is 1. The predicted molar refractivity (Wildman–Crippen MR) is 78.2 cm³/mol. The second-order valence-electron chi connectivity index (χ2n) is 5.31. The first-order valence-corrected chi connectivity index (χ1v) is 7.02. The first-order chi connectivity index (χ1) is 10.2. The fraction of sp³-hybridized carbons (Fsp3) is 0.500. The number of carbonyl (C=O) groups excluding carboxylic acids is 1. The van der Waals surface area contributed by atoms with E-state index in [1.54, 1.807) is 4.52 Å². The van der Waals surface area contributed by atoms with Crippen molar-refractivity contribution in [2.45, 2.75) is 19.4 Å². The van der Waals surface area contributed by atoms with Crippen molar-refractivity contribution in [3.8, 4) is 0 Å². The summed E-state index contributed by atoms with van der Waals surface area (Å²) < 4.78 is 6.65. The van der Waals surface area contributed by atoms with Crippen LogP contribution in [0.3, 0.4) is 0 Å². The Morgan fingerprint density at radius 3 is 3.19 bits per heavy atom. The van der Waals surface area contributed by atoms with E-state index in [0.29, 0.717) is 6.54 Å². The molecule has 3 rings (SSSR count). The van der Waals surface area contributed by atoms with Gasteiger partial charge in [-0.1, -0.05) is 0 Å². The SMILES string of the molecule is COCC(=O)N1CC[C@@H](Nc2ccc3nc(C)cn3n2)C1. The molecule has 21 heavy (non-hydrogen) atoms. The third-order valence-electron chi connectivity index (χ3n) is 3.60. The van der Waals surface area contributed by atoms with Crippen LogP contribution in [0.15, 0.2) is 18.3 Å². The van der Waals surface area contributed by atoms with Gasteiger partial charge in [0.15, 0.2) is 5.65 Å². The maximum absolute atomic E-state index is 11.8. The lowest BCUT2D eigenvalue weighted by molar-refractivity contribution is -0.134. The fourth-order valence-electron chi connectivity index (χ4n) is 2.61. The molecule has 1 atom stereocenters. The van der Waals surface area contributed by atoms with Crippen LogP contribution in [-0.4, -0.2) is 58.3 Å². The lowest BCUT2D eigenvalue weighted by Gasteiger charge is -2.16. The van der Waals surface area contributed by atoms with Gasteiger partial charge < -0.3 is 15.0 Å². The van der Waals surface area contributed by atoms with E-state index >= 15 is 0 Å². The summed E-state index contributed by atoms with van der Waals surface area (Å²) in [6.45, 7) is 3.53. The van der Waals surface area contributed by atoms with Crippen LogP contribution < -0.4 is 5.32 Å². The van der Waals surface area contributed by atoms with Crippen molar-refractivity contribution in [3.63, 3.8) is 0 Å². The van der Waals surface area contributed by atoms with Gasteiger partial charge in [-0.2, -0.15) is 0 Å². The van der Waals surface area contributed by atoms with Gasteiger partial charge in [0.1, 0.15) is 12.4 Å². The van der Waals surface area contributed by atoms with Crippen molar-refractivity contribution >= 4 is 17.4 Å². The fourth-order valence-corrected chi connectivity index (χ4v) is 2.61. The summed E-state index contributed by atoms with van der Waals surface area (Å²) in [5.41, 5.74) is 1.78. The van der Waals surface area contributed by atoms with E-state index in [-0.39, 0.29) is 18.6 Å². The second-order valence-corrected chi connectivity index (χ2v) is 5.31. The maximum Gasteiger partial charge on any atom is 0.248 e. The molecule has 7 nitrogen and oxygen atoms in total. The number of aryl methyl sites for hydroxylation is 1. The number of imidazole rings is 1. The average molecular weight is 289 g/mol. The third-order valence-corrected chi connectivity index (χ3v) is 3.60. The van der Waals surface area contributed by atoms with Crippen LogP contribution in [0.1, 0.15) is 12.1 Å². The number of anilines is 1. The Balaban J connectivity index is 1.64. The number of likely N-dealkylation sites (tertiary alicyclic amines) is 1.